The van der Waals surface area contributed by atoms with Crippen molar-refractivity contribution in [3.05, 3.63) is 35.9 Å². The molecular weight excluding hydrogens is 256 g/mol. The summed E-state index contributed by atoms with van der Waals surface area (Å²) in [6.07, 6.45) is 1.35. The third kappa shape index (κ3) is 3.71. The zero-order chi connectivity index (χ0) is 14.4. The normalized spacial score (nSPS) is 21.3. The van der Waals surface area contributed by atoms with Gasteiger partial charge in [0.15, 0.2) is 0 Å². The Bertz CT molecular complexity index is 465. The van der Waals surface area contributed by atoms with E-state index in [0.717, 1.165) is 12.0 Å². The van der Waals surface area contributed by atoms with Gasteiger partial charge in [0, 0.05) is 25.6 Å². The first-order valence-corrected chi connectivity index (χ1v) is 6.73. The lowest BCUT2D eigenvalue weighted by Crippen LogP contribution is -2.47. The largest absolute Gasteiger partial charge is 0.409 e. The molecule has 6 nitrogen and oxygen atoms in total. The molecule has 0 spiro atoms. The third-order valence-corrected chi connectivity index (χ3v) is 3.55. The summed E-state index contributed by atoms with van der Waals surface area (Å²) in [5, 5.41) is 18.2. The minimum atomic E-state index is -0.182. The van der Waals surface area contributed by atoms with Gasteiger partial charge in [0.05, 0.1) is 5.92 Å². The van der Waals surface area contributed by atoms with Crippen LogP contribution in [0.3, 0.4) is 0 Å². The molecule has 5 N–H and O–H groups in total. The van der Waals surface area contributed by atoms with Gasteiger partial charge in [-0.05, 0) is 12.0 Å². The number of amides is 1. The maximum Gasteiger partial charge on any atom is 0.220 e. The maximum absolute atomic E-state index is 11.1. The minimum absolute atomic E-state index is 0.0964. The summed E-state index contributed by atoms with van der Waals surface area (Å²) in [6.45, 7) is 1.19. The van der Waals surface area contributed by atoms with Crippen LogP contribution < -0.4 is 16.4 Å². The molecule has 1 saturated heterocycles. The standard InChI is InChI=1S/C14H20N4O2/c15-14(18-20)12(10-4-2-1-3-5-10)9-16-11-6-7-13(19)17-8-11/h1-5,11-12,16,20H,6-9H2,(H2,15,18)(H,17,19). The highest BCUT2D eigenvalue weighted by Crippen LogP contribution is 2.15. The highest BCUT2D eigenvalue weighted by atomic mass is 16.4. The van der Waals surface area contributed by atoms with Gasteiger partial charge < -0.3 is 21.6 Å². The quantitative estimate of drug-likeness (QED) is 0.270. The average Bonchev–Trinajstić information content (AvgIpc) is 2.50. The molecule has 6 heteroatoms. The molecule has 108 valence electrons. The molecule has 2 atom stereocenters. The smallest absolute Gasteiger partial charge is 0.220 e. The fourth-order valence-electron chi connectivity index (χ4n) is 2.34. The second-order valence-electron chi connectivity index (χ2n) is 4.94. The SMILES string of the molecule is NC(=NO)C(CNC1CCC(=O)NC1)c1ccccc1. The van der Waals surface area contributed by atoms with Gasteiger partial charge in [-0.1, -0.05) is 35.5 Å². The second-order valence-corrected chi connectivity index (χ2v) is 4.94. The molecule has 0 bridgehead atoms. The molecule has 1 fully saturated rings. The van der Waals surface area contributed by atoms with Crippen molar-refractivity contribution in [1.29, 1.82) is 0 Å². The summed E-state index contributed by atoms with van der Waals surface area (Å²) >= 11 is 0. The van der Waals surface area contributed by atoms with Crippen molar-refractivity contribution in [3.8, 4) is 0 Å². The molecule has 1 aliphatic rings. The summed E-state index contributed by atoms with van der Waals surface area (Å²) in [4.78, 5) is 11.1. The van der Waals surface area contributed by atoms with E-state index in [2.05, 4.69) is 15.8 Å². The van der Waals surface area contributed by atoms with Crippen LogP contribution in [0.5, 0.6) is 0 Å². The van der Waals surface area contributed by atoms with Crippen LogP contribution in [-0.4, -0.2) is 36.1 Å². The number of nitrogens with one attached hydrogen (secondary N) is 2. The van der Waals surface area contributed by atoms with Crippen molar-refractivity contribution in [2.75, 3.05) is 13.1 Å². The van der Waals surface area contributed by atoms with Crippen LogP contribution in [0.4, 0.5) is 0 Å². The summed E-state index contributed by atoms with van der Waals surface area (Å²) in [7, 11) is 0. The minimum Gasteiger partial charge on any atom is -0.409 e. The number of carbonyl (C=O) groups is 1. The number of rotatable bonds is 5. The molecular formula is C14H20N4O2. The Morgan fingerprint density at radius 2 is 2.25 bits per heavy atom. The number of nitrogens with zero attached hydrogens (tertiary/aromatic N) is 1. The fourth-order valence-corrected chi connectivity index (χ4v) is 2.34. The van der Waals surface area contributed by atoms with E-state index in [-0.39, 0.29) is 23.7 Å². The lowest BCUT2D eigenvalue weighted by atomic mass is 9.97. The van der Waals surface area contributed by atoms with Crippen molar-refractivity contribution in [2.24, 2.45) is 10.9 Å². The van der Waals surface area contributed by atoms with Crippen molar-refractivity contribution >= 4 is 11.7 Å². The topological polar surface area (TPSA) is 99.7 Å². The molecule has 1 heterocycles. The second kappa shape index (κ2) is 6.91. The van der Waals surface area contributed by atoms with Gasteiger partial charge in [0.25, 0.3) is 0 Å². The maximum atomic E-state index is 11.1. The third-order valence-electron chi connectivity index (χ3n) is 3.55. The predicted molar refractivity (Wildman–Crippen MR) is 76.6 cm³/mol. The first-order chi connectivity index (χ1) is 9.70. The Morgan fingerprint density at radius 1 is 1.50 bits per heavy atom. The monoisotopic (exact) mass is 276 g/mol. The summed E-state index contributed by atoms with van der Waals surface area (Å²) in [5.41, 5.74) is 6.77. The van der Waals surface area contributed by atoms with Crippen LogP contribution in [0.25, 0.3) is 0 Å². The number of piperidine rings is 1. The Labute approximate surface area is 118 Å². The molecule has 1 amide bonds. The van der Waals surface area contributed by atoms with E-state index >= 15 is 0 Å². The first-order valence-electron chi connectivity index (χ1n) is 6.73. The van der Waals surface area contributed by atoms with Crippen LogP contribution in [0, 0.1) is 0 Å². The van der Waals surface area contributed by atoms with E-state index in [9.17, 15) is 4.79 Å². The molecule has 2 rings (SSSR count). The molecule has 1 aromatic carbocycles. The number of oxime groups is 1. The highest BCUT2D eigenvalue weighted by molar-refractivity contribution is 5.87. The number of carbonyl (C=O) groups excluding carboxylic acids is 1. The van der Waals surface area contributed by atoms with Crippen molar-refractivity contribution < 1.29 is 10.0 Å². The Kier molecular flexibility index (Phi) is 4.95. The lowest BCUT2D eigenvalue weighted by molar-refractivity contribution is -0.122. The number of benzene rings is 1. The molecule has 0 radical (unpaired) electrons. The van der Waals surface area contributed by atoms with Gasteiger partial charge in [0.2, 0.25) is 5.91 Å². The van der Waals surface area contributed by atoms with Gasteiger partial charge in [-0.15, -0.1) is 0 Å². The number of hydrogen-bond acceptors (Lipinski definition) is 4. The number of amidine groups is 1. The summed E-state index contributed by atoms with van der Waals surface area (Å²) < 4.78 is 0. The fraction of sp³-hybridized carbons (Fsp3) is 0.429. The van der Waals surface area contributed by atoms with Gasteiger partial charge in [-0.3, -0.25) is 4.79 Å². The van der Waals surface area contributed by atoms with E-state index in [1.165, 1.54) is 0 Å². The lowest BCUT2D eigenvalue weighted by Gasteiger charge is -2.26. The zero-order valence-corrected chi connectivity index (χ0v) is 11.2. The Balaban J connectivity index is 1.97. The highest BCUT2D eigenvalue weighted by Gasteiger charge is 2.21. The summed E-state index contributed by atoms with van der Waals surface area (Å²) in [6, 6.07) is 9.91. The molecule has 1 aromatic rings. The van der Waals surface area contributed by atoms with Crippen LogP contribution in [0.15, 0.2) is 35.5 Å². The molecule has 0 aromatic heterocycles. The molecule has 2 unspecified atom stereocenters. The zero-order valence-electron chi connectivity index (χ0n) is 11.2. The van der Waals surface area contributed by atoms with Gasteiger partial charge in [-0.25, -0.2) is 0 Å². The Hall–Kier alpha value is -2.08. The number of nitrogens with two attached hydrogens (primary N) is 1. The van der Waals surface area contributed by atoms with Crippen LogP contribution in [0.1, 0.15) is 24.3 Å². The van der Waals surface area contributed by atoms with E-state index in [0.29, 0.717) is 19.5 Å². The van der Waals surface area contributed by atoms with E-state index in [4.69, 9.17) is 10.9 Å². The van der Waals surface area contributed by atoms with Crippen LogP contribution >= 0.6 is 0 Å². The van der Waals surface area contributed by atoms with E-state index in [1.54, 1.807) is 0 Å². The molecule has 0 aliphatic carbocycles. The Morgan fingerprint density at radius 3 is 2.85 bits per heavy atom. The molecule has 0 saturated carbocycles. The van der Waals surface area contributed by atoms with Crippen LogP contribution in [-0.2, 0) is 4.79 Å². The van der Waals surface area contributed by atoms with Crippen LogP contribution in [0.2, 0.25) is 0 Å². The van der Waals surface area contributed by atoms with Gasteiger partial charge >= 0.3 is 0 Å². The number of hydrogen-bond donors (Lipinski definition) is 4. The van der Waals surface area contributed by atoms with Gasteiger partial charge in [-0.2, -0.15) is 0 Å². The van der Waals surface area contributed by atoms with Crippen molar-refractivity contribution in [3.63, 3.8) is 0 Å². The van der Waals surface area contributed by atoms with Gasteiger partial charge in [0.1, 0.15) is 5.84 Å². The summed E-state index contributed by atoms with van der Waals surface area (Å²) in [5.74, 6) is 0.0986. The molecule has 20 heavy (non-hydrogen) atoms. The first kappa shape index (κ1) is 14.3. The average molecular weight is 276 g/mol. The van der Waals surface area contributed by atoms with Crippen molar-refractivity contribution in [2.45, 2.75) is 24.8 Å². The molecule has 1 aliphatic heterocycles. The predicted octanol–water partition coefficient (Wildman–Crippen LogP) is 0.385. The van der Waals surface area contributed by atoms with E-state index in [1.807, 2.05) is 30.3 Å². The van der Waals surface area contributed by atoms with E-state index < -0.39 is 0 Å². The van der Waals surface area contributed by atoms with Crippen molar-refractivity contribution in [1.82, 2.24) is 10.6 Å².